The average molecular weight is 562 g/mol. The Morgan fingerprint density at radius 3 is 2.56 bits per heavy atom. The number of carbonyl (C=O) groups is 2. The molecule has 2 amide bonds. The lowest BCUT2D eigenvalue weighted by atomic mass is 10.0. The Morgan fingerprint density at radius 1 is 1.07 bits per heavy atom. The molecule has 0 bridgehead atoms. The Hall–Kier alpha value is -3.99. The number of nitrogens with zero attached hydrogens (tertiary/aromatic N) is 3. The minimum absolute atomic E-state index is 0.124. The van der Waals surface area contributed by atoms with Crippen LogP contribution in [0.5, 0.6) is 0 Å². The van der Waals surface area contributed by atoms with Crippen molar-refractivity contribution in [1.29, 1.82) is 0 Å². The summed E-state index contributed by atoms with van der Waals surface area (Å²) < 4.78 is 17.0. The number of aromatic nitrogens is 1. The topological polar surface area (TPSA) is 119 Å². The highest BCUT2D eigenvalue weighted by Crippen LogP contribution is 2.26. The predicted molar refractivity (Wildman–Crippen MR) is 157 cm³/mol. The zero-order valence-electron chi connectivity index (χ0n) is 23.5. The summed E-state index contributed by atoms with van der Waals surface area (Å²) in [6.45, 7) is 7.58. The summed E-state index contributed by atoms with van der Waals surface area (Å²) in [6.07, 6.45) is 3.58. The van der Waals surface area contributed by atoms with Crippen LogP contribution in [0.25, 0.3) is 0 Å². The number of nitrogens with one attached hydrogen (secondary N) is 1. The molecule has 218 valence electrons. The molecular weight excluding hydrogens is 522 g/mol. The molecule has 4 rings (SSSR count). The molecule has 0 spiro atoms. The third-order valence-electron chi connectivity index (χ3n) is 6.98. The van der Waals surface area contributed by atoms with Crippen molar-refractivity contribution < 1.29 is 23.8 Å². The second-order valence-corrected chi connectivity index (χ2v) is 9.76. The fraction of sp³-hybridized carbons (Fsp3) is 0.387. The third-order valence-corrected chi connectivity index (χ3v) is 6.98. The van der Waals surface area contributed by atoms with E-state index in [0.717, 1.165) is 44.0 Å². The Balaban J connectivity index is 1.40. The SMILES string of the molecule is CC[C@@H](c1ccc(C(=O)Nc2ccccc2N)cc1)N(CCOCCN1CCOCC1)C(=O)OCc1cccnc1. The predicted octanol–water partition coefficient (Wildman–Crippen LogP) is 4.35. The molecule has 0 aliphatic carbocycles. The Morgan fingerprint density at radius 2 is 1.85 bits per heavy atom. The van der Waals surface area contributed by atoms with Gasteiger partial charge in [-0.3, -0.25) is 19.6 Å². The smallest absolute Gasteiger partial charge is 0.410 e. The molecule has 41 heavy (non-hydrogen) atoms. The van der Waals surface area contributed by atoms with Crippen LogP contribution >= 0.6 is 0 Å². The first kappa shape index (κ1) is 30.0. The summed E-state index contributed by atoms with van der Waals surface area (Å²) in [5.74, 6) is -0.260. The van der Waals surface area contributed by atoms with Crippen LogP contribution in [-0.2, 0) is 20.8 Å². The summed E-state index contributed by atoms with van der Waals surface area (Å²) in [4.78, 5) is 34.3. The van der Waals surface area contributed by atoms with Gasteiger partial charge in [0.15, 0.2) is 0 Å². The van der Waals surface area contributed by atoms with Gasteiger partial charge in [-0.15, -0.1) is 0 Å². The summed E-state index contributed by atoms with van der Waals surface area (Å²) in [5.41, 5.74) is 9.22. The van der Waals surface area contributed by atoms with Crippen molar-refractivity contribution >= 4 is 23.4 Å². The maximum absolute atomic E-state index is 13.3. The highest BCUT2D eigenvalue weighted by Gasteiger charge is 2.26. The van der Waals surface area contributed by atoms with E-state index in [2.05, 4.69) is 15.2 Å². The molecule has 1 fully saturated rings. The quantitative estimate of drug-likeness (QED) is 0.234. The molecule has 2 aromatic carbocycles. The normalized spacial score (nSPS) is 14.3. The molecule has 3 aromatic rings. The number of pyridine rings is 1. The number of hydrogen-bond donors (Lipinski definition) is 2. The van der Waals surface area contributed by atoms with Gasteiger partial charge in [0.2, 0.25) is 0 Å². The van der Waals surface area contributed by atoms with E-state index in [1.54, 1.807) is 41.6 Å². The highest BCUT2D eigenvalue weighted by molar-refractivity contribution is 6.05. The van der Waals surface area contributed by atoms with Gasteiger partial charge in [0.05, 0.1) is 43.8 Å². The molecule has 1 saturated heterocycles. The molecule has 1 aromatic heterocycles. The van der Waals surface area contributed by atoms with Crippen LogP contribution in [0.1, 0.15) is 40.9 Å². The highest BCUT2D eigenvalue weighted by atomic mass is 16.6. The summed E-state index contributed by atoms with van der Waals surface area (Å²) in [7, 11) is 0. The molecule has 1 aliphatic rings. The molecule has 1 aliphatic heterocycles. The molecule has 10 nitrogen and oxygen atoms in total. The van der Waals surface area contributed by atoms with E-state index < -0.39 is 6.09 Å². The van der Waals surface area contributed by atoms with Crippen LogP contribution in [-0.4, -0.2) is 79.4 Å². The van der Waals surface area contributed by atoms with Crippen molar-refractivity contribution in [2.75, 3.05) is 63.7 Å². The van der Waals surface area contributed by atoms with Gasteiger partial charge in [0.25, 0.3) is 5.91 Å². The number of amides is 2. The number of hydrogen-bond acceptors (Lipinski definition) is 8. The van der Waals surface area contributed by atoms with Gasteiger partial charge in [-0.25, -0.2) is 4.79 Å². The molecule has 0 saturated carbocycles. The second kappa shape index (κ2) is 15.7. The standard InChI is InChI=1S/C31H39N5O5/c1-2-29(25-9-11-26(12-10-25)30(37)34-28-8-4-3-7-27(28)32)36(31(38)41-23-24-6-5-13-33-22-24)17-21-40-20-16-35-14-18-39-19-15-35/h3-13,22,29H,2,14-21,23,32H2,1H3,(H,34,37)/t29-/m0/s1. The van der Waals surface area contributed by atoms with Gasteiger partial charge < -0.3 is 25.3 Å². The maximum atomic E-state index is 13.3. The van der Waals surface area contributed by atoms with Crippen LogP contribution in [0.15, 0.2) is 73.1 Å². The monoisotopic (exact) mass is 561 g/mol. The van der Waals surface area contributed by atoms with E-state index in [4.69, 9.17) is 19.9 Å². The van der Waals surface area contributed by atoms with Crippen LogP contribution in [0.2, 0.25) is 0 Å². The number of morpholine rings is 1. The van der Waals surface area contributed by atoms with Crippen LogP contribution in [0.3, 0.4) is 0 Å². The minimum Gasteiger partial charge on any atom is -0.444 e. The largest absolute Gasteiger partial charge is 0.444 e. The Labute approximate surface area is 241 Å². The van der Waals surface area contributed by atoms with Crippen molar-refractivity contribution in [3.8, 4) is 0 Å². The molecular formula is C31H39N5O5. The number of nitrogens with two attached hydrogens (primary N) is 1. The number of rotatable bonds is 13. The Bertz CT molecular complexity index is 1240. The lowest BCUT2D eigenvalue weighted by Gasteiger charge is -2.31. The zero-order chi connectivity index (χ0) is 28.9. The van der Waals surface area contributed by atoms with Crippen molar-refractivity contribution in [3.63, 3.8) is 0 Å². The number of para-hydroxylation sites is 2. The number of anilines is 2. The maximum Gasteiger partial charge on any atom is 0.410 e. The van der Waals surface area contributed by atoms with Gasteiger partial charge >= 0.3 is 6.09 Å². The molecule has 1 atom stereocenters. The van der Waals surface area contributed by atoms with E-state index in [0.29, 0.717) is 43.1 Å². The zero-order valence-corrected chi connectivity index (χ0v) is 23.5. The van der Waals surface area contributed by atoms with Crippen molar-refractivity contribution in [3.05, 3.63) is 89.7 Å². The van der Waals surface area contributed by atoms with Crippen molar-refractivity contribution in [2.45, 2.75) is 26.0 Å². The molecule has 0 unspecified atom stereocenters. The third kappa shape index (κ3) is 9.01. The summed E-state index contributed by atoms with van der Waals surface area (Å²) in [5, 5.41) is 2.85. The van der Waals surface area contributed by atoms with Gasteiger partial charge in [0.1, 0.15) is 6.61 Å². The van der Waals surface area contributed by atoms with Crippen LogP contribution in [0, 0.1) is 0 Å². The Kier molecular flexibility index (Phi) is 11.5. The van der Waals surface area contributed by atoms with E-state index in [1.807, 2.05) is 43.3 Å². The average Bonchev–Trinajstić information content (AvgIpc) is 3.01. The number of benzene rings is 2. The fourth-order valence-electron chi connectivity index (χ4n) is 4.67. The van der Waals surface area contributed by atoms with Crippen molar-refractivity contribution in [1.82, 2.24) is 14.8 Å². The molecule has 0 radical (unpaired) electrons. The van der Waals surface area contributed by atoms with Gasteiger partial charge in [0, 0.05) is 49.7 Å². The number of carbonyl (C=O) groups excluding carboxylic acids is 2. The molecule has 2 heterocycles. The number of ether oxygens (including phenoxy) is 3. The first-order valence-corrected chi connectivity index (χ1v) is 14.0. The number of nitrogen functional groups attached to an aromatic ring is 1. The van der Waals surface area contributed by atoms with E-state index in [1.165, 1.54) is 0 Å². The fourth-order valence-corrected chi connectivity index (χ4v) is 4.67. The first-order valence-electron chi connectivity index (χ1n) is 14.0. The van der Waals surface area contributed by atoms with E-state index >= 15 is 0 Å². The second-order valence-electron chi connectivity index (χ2n) is 9.76. The minimum atomic E-state index is -0.432. The lowest BCUT2D eigenvalue weighted by molar-refractivity contribution is 0.0146. The van der Waals surface area contributed by atoms with Crippen LogP contribution < -0.4 is 11.1 Å². The van der Waals surface area contributed by atoms with Gasteiger partial charge in [-0.2, -0.15) is 0 Å². The van der Waals surface area contributed by atoms with E-state index in [-0.39, 0.29) is 18.6 Å². The molecule has 3 N–H and O–H groups in total. The van der Waals surface area contributed by atoms with Gasteiger partial charge in [-0.05, 0) is 42.3 Å². The van der Waals surface area contributed by atoms with E-state index in [9.17, 15) is 9.59 Å². The lowest BCUT2D eigenvalue weighted by Crippen LogP contribution is -2.39. The first-order chi connectivity index (χ1) is 20.0. The summed E-state index contributed by atoms with van der Waals surface area (Å²) in [6, 6.07) is 17.8. The summed E-state index contributed by atoms with van der Waals surface area (Å²) >= 11 is 0. The van der Waals surface area contributed by atoms with Crippen LogP contribution in [0.4, 0.5) is 16.2 Å². The van der Waals surface area contributed by atoms with Crippen molar-refractivity contribution in [2.24, 2.45) is 0 Å². The molecule has 10 heteroatoms. The van der Waals surface area contributed by atoms with Gasteiger partial charge in [-0.1, -0.05) is 37.3 Å².